The topological polar surface area (TPSA) is 136 Å². The van der Waals surface area contributed by atoms with Gasteiger partial charge in [0.1, 0.15) is 0 Å². The summed E-state index contributed by atoms with van der Waals surface area (Å²) in [6.07, 6.45) is 0. The molecule has 9 nitrogen and oxygen atoms in total. The molecule has 0 spiro atoms. The molecule has 0 heterocycles. The van der Waals surface area contributed by atoms with Gasteiger partial charge in [0.2, 0.25) is 5.96 Å². The number of nitrogens with one attached hydrogen (secondary N) is 3. The first-order chi connectivity index (χ1) is 17.1. The van der Waals surface area contributed by atoms with Crippen LogP contribution in [-0.2, 0) is 12.0 Å². The Labute approximate surface area is 214 Å². The normalized spacial score (nSPS) is 11.2. The molecule has 0 fully saturated rings. The van der Waals surface area contributed by atoms with Crippen LogP contribution in [0.15, 0.2) is 83.1 Å². The second kappa shape index (κ2) is 11.5. The van der Waals surface area contributed by atoms with Crippen LogP contribution in [0.4, 0.5) is 16.2 Å². The van der Waals surface area contributed by atoms with E-state index in [0.717, 1.165) is 11.1 Å². The number of nitrogens with two attached hydrogens (primary N) is 1. The number of anilines is 2. The number of benzene rings is 3. The number of carbonyl (C=O) groups excluding carboxylic acids is 2. The minimum atomic E-state index is -0.521. The number of halogens is 1. The number of hydrogen-bond donors (Lipinski definition) is 4. The second-order valence-electron chi connectivity index (χ2n) is 9.04. The van der Waals surface area contributed by atoms with Gasteiger partial charge >= 0.3 is 6.03 Å². The van der Waals surface area contributed by atoms with Gasteiger partial charge in [-0.1, -0.05) is 73.0 Å². The highest BCUT2D eigenvalue weighted by molar-refractivity contribution is 6.30. The molecule has 0 unspecified atom stereocenters. The molecule has 3 rings (SSSR count). The van der Waals surface area contributed by atoms with Crippen LogP contribution >= 0.6 is 11.6 Å². The molecule has 0 aliphatic rings. The van der Waals surface area contributed by atoms with Crippen LogP contribution in [0.3, 0.4) is 0 Å². The van der Waals surface area contributed by atoms with E-state index >= 15 is 0 Å². The molecule has 5 N–H and O–H groups in total. The standard InChI is InChI=1S/C26H28ClN7O2/c1-26(2,3)19-11-13-22(14-12-19)34(25(36)30-21-6-4-5-20(27)15-21)16-17-7-9-18(10-8-17)23(35)31-24(28)32-33-29/h4-15H,16H2,1-3H3,(H,30,36)(H4,28,29,31,32,35). The average molecular weight is 506 g/mol. The average Bonchev–Trinajstić information content (AvgIpc) is 2.82. The predicted octanol–water partition coefficient (Wildman–Crippen LogP) is 5.87. The fraction of sp³-hybridized carbons (Fsp3) is 0.192. The first kappa shape index (κ1) is 26.4. The van der Waals surface area contributed by atoms with Gasteiger partial charge in [0.25, 0.3) is 5.91 Å². The minimum absolute atomic E-state index is 0.0231. The summed E-state index contributed by atoms with van der Waals surface area (Å²) < 4.78 is 0. The van der Waals surface area contributed by atoms with Crippen LogP contribution in [0, 0.1) is 5.41 Å². The molecule has 0 saturated carbocycles. The van der Waals surface area contributed by atoms with E-state index in [-0.39, 0.29) is 18.0 Å². The van der Waals surface area contributed by atoms with Crippen molar-refractivity contribution in [3.8, 4) is 0 Å². The monoisotopic (exact) mass is 505 g/mol. The van der Waals surface area contributed by atoms with Gasteiger partial charge in [0.05, 0.1) is 6.54 Å². The maximum absolute atomic E-state index is 13.3. The molecule has 10 heteroatoms. The Balaban J connectivity index is 1.84. The van der Waals surface area contributed by atoms with E-state index < -0.39 is 11.9 Å². The highest BCUT2D eigenvalue weighted by Gasteiger charge is 2.19. The molecule has 0 atom stereocenters. The lowest BCUT2D eigenvalue weighted by Crippen LogP contribution is -2.34. The first-order valence-electron chi connectivity index (χ1n) is 11.1. The van der Waals surface area contributed by atoms with Gasteiger partial charge in [0, 0.05) is 22.0 Å². The molecule has 0 radical (unpaired) electrons. The summed E-state index contributed by atoms with van der Waals surface area (Å²) in [4.78, 5) is 27.2. The highest BCUT2D eigenvalue weighted by atomic mass is 35.5. The maximum Gasteiger partial charge on any atom is 0.326 e. The lowest BCUT2D eigenvalue weighted by molar-refractivity contribution is 0.0976. The maximum atomic E-state index is 13.3. The van der Waals surface area contributed by atoms with Gasteiger partial charge < -0.3 is 11.2 Å². The summed E-state index contributed by atoms with van der Waals surface area (Å²) in [5, 5.41) is 19.4. The third-order valence-corrected chi connectivity index (χ3v) is 5.55. The second-order valence-corrected chi connectivity index (χ2v) is 9.48. The van der Waals surface area contributed by atoms with E-state index in [1.54, 1.807) is 53.4 Å². The Morgan fingerprint density at radius 1 is 1.03 bits per heavy atom. The van der Waals surface area contributed by atoms with Crippen molar-refractivity contribution in [2.24, 2.45) is 16.2 Å². The van der Waals surface area contributed by atoms with Crippen molar-refractivity contribution >= 4 is 40.9 Å². The van der Waals surface area contributed by atoms with E-state index in [1.165, 1.54) is 0 Å². The molecule has 3 aromatic rings. The quantitative estimate of drug-likeness (QED) is 0.113. The van der Waals surface area contributed by atoms with Crippen molar-refractivity contribution < 1.29 is 9.59 Å². The first-order valence-corrected chi connectivity index (χ1v) is 11.5. The zero-order valence-corrected chi connectivity index (χ0v) is 21.0. The largest absolute Gasteiger partial charge is 0.326 e. The molecular formula is C26H28ClN7O2. The van der Waals surface area contributed by atoms with Gasteiger partial charge in [-0.2, -0.15) is 0 Å². The summed E-state index contributed by atoms with van der Waals surface area (Å²) in [5.74, 6) is 3.91. The van der Waals surface area contributed by atoms with Gasteiger partial charge in [-0.25, -0.2) is 4.79 Å². The third kappa shape index (κ3) is 7.13. The van der Waals surface area contributed by atoms with Crippen molar-refractivity contribution in [1.29, 1.82) is 5.41 Å². The summed E-state index contributed by atoms with van der Waals surface area (Å²) in [6, 6.07) is 21.1. The smallest absolute Gasteiger partial charge is 0.307 e. The number of nitrogens with zero attached hydrogens (tertiary/aromatic N) is 3. The lowest BCUT2D eigenvalue weighted by Gasteiger charge is -2.25. The van der Waals surface area contributed by atoms with Crippen LogP contribution in [0.5, 0.6) is 0 Å². The molecule has 0 aromatic heterocycles. The zero-order valence-electron chi connectivity index (χ0n) is 20.2. The molecule has 186 valence electrons. The summed E-state index contributed by atoms with van der Waals surface area (Å²) >= 11 is 6.08. The SMILES string of the molecule is CC(C)(C)c1ccc(N(Cc2ccc(C(=O)NC(=N)/N=N\N)cc2)C(=O)Nc2cccc(Cl)c2)cc1. The van der Waals surface area contributed by atoms with E-state index in [1.807, 2.05) is 24.3 Å². The van der Waals surface area contributed by atoms with Crippen molar-refractivity contribution in [3.05, 3.63) is 94.5 Å². The van der Waals surface area contributed by atoms with Crippen LogP contribution in [0.2, 0.25) is 5.02 Å². The fourth-order valence-electron chi connectivity index (χ4n) is 3.39. The molecule has 36 heavy (non-hydrogen) atoms. The molecule has 0 aliphatic carbocycles. The summed E-state index contributed by atoms with van der Waals surface area (Å²) in [7, 11) is 0. The van der Waals surface area contributed by atoms with Crippen LogP contribution < -0.4 is 21.4 Å². The van der Waals surface area contributed by atoms with Gasteiger partial charge in [0.15, 0.2) is 0 Å². The van der Waals surface area contributed by atoms with Gasteiger partial charge in [-0.3, -0.25) is 20.4 Å². The number of hydrogen-bond acceptors (Lipinski definition) is 4. The molecule has 3 amide bonds. The lowest BCUT2D eigenvalue weighted by atomic mass is 9.87. The Kier molecular flexibility index (Phi) is 8.39. The Morgan fingerprint density at radius 3 is 2.28 bits per heavy atom. The fourth-order valence-corrected chi connectivity index (χ4v) is 3.58. The van der Waals surface area contributed by atoms with Gasteiger partial charge in [-0.15, -0.1) is 0 Å². The Morgan fingerprint density at radius 2 is 1.69 bits per heavy atom. The predicted molar refractivity (Wildman–Crippen MR) is 142 cm³/mol. The molecule has 0 aliphatic heterocycles. The Hall–Kier alpha value is -4.24. The number of rotatable bonds is 5. The molecule has 0 saturated heterocycles. The van der Waals surface area contributed by atoms with Crippen LogP contribution in [0.25, 0.3) is 0 Å². The van der Waals surface area contributed by atoms with Crippen molar-refractivity contribution in [1.82, 2.24) is 5.32 Å². The van der Waals surface area contributed by atoms with E-state index in [2.05, 4.69) is 41.7 Å². The number of amides is 3. The molecule has 3 aromatic carbocycles. The van der Waals surface area contributed by atoms with Crippen molar-refractivity contribution in [3.63, 3.8) is 0 Å². The Bertz CT molecular complexity index is 1270. The van der Waals surface area contributed by atoms with E-state index in [0.29, 0.717) is 22.0 Å². The molecular weight excluding hydrogens is 478 g/mol. The number of carbonyl (C=O) groups is 2. The molecule has 0 bridgehead atoms. The van der Waals surface area contributed by atoms with Crippen molar-refractivity contribution in [2.75, 3.05) is 10.2 Å². The third-order valence-electron chi connectivity index (χ3n) is 5.31. The summed E-state index contributed by atoms with van der Waals surface area (Å²) in [6.45, 7) is 6.64. The van der Waals surface area contributed by atoms with Crippen LogP contribution in [0.1, 0.15) is 42.3 Å². The van der Waals surface area contributed by atoms with Crippen LogP contribution in [-0.4, -0.2) is 17.9 Å². The zero-order chi connectivity index (χ0) is 26.3. The number of urea groups is 1. The van der Waals surface area contributed by atoms with E-state index in [4.69, 9.17) is 22.9 Å². The number of guanidine groups is 1. The van der Waals surface area contributed by atoms with Gasteiger partial charge in [-0.05, 0) is 59.0 Å². The minimum Gasteiger partial charge on any atom is -0.307 e. The summed E-state index contributed by atoms with van der Waals surface area (Å²) in [5.41, 5.74) is 3.53. The highest BCUT2D eigenvalue weighted by Crippen LogP contribution is 2.26. The van der Waals surface area contributed by atoms with Crippen molar-refractivity contribution in [2.45, 2.75) is 32.7 Å². The van der Waals surface area contributed by atoms with E-state index in [9.17, 15) is 9.59 Å².